The van der Waals surface area contributed by atoms with E-state index >= 15 is 0 Å². The van der Waals surface area contributed by atoms with Crippen LogP contribution in [0, 0.1) is 0 Å². The van der Waals surface area contributed by atoms with Crippen LogP contribution in [-0.2, 0) is 6.42 Å². The maximum atomic E-state index is 6.24. The van der Waals surface area contributed by atoms with E-state index in [-0.39, 0.29) is 0 Å². The van der Waals surface area contributed by atoms with E-state index in [0.717, 1.165) is 10.9 Å². The predicted molar refractivity (Wildman–Crippen MR) is 69.6 cm³/mol. The number of halogens is 1. The minimum Gasteiger partial charge on any atom is -0.371 e. The van der Waals surface area contributed by atoms with Gasteiger partial charge in [-0.25, -0.2) is 0 Å². The first-order valence-corrected chi connectivity index (χ1v) is 6.74. The summed E-state index contributed by atoms with van der Waals surface area (Å²) in [6.45, 7) is 4.76. The Morgan fingerprint density at radius 3 is 3.06 bits per heavy atom. The van der Waals surface area contributed by atoms with Crippen LogP contribution in [0.2, 0.25) is 5.02 Å². The van der Waals surface area contributed by atoms with Crippen LogP contribution < -0.4 is 4.90 Å². The molecule has 1 aromatic rings. The second kappa shape index (κ2) is 3.96. The van der Waals surface area contributed by atoms with Gasteiger partial charge in [0, 0.05) is 23.8 Å². The van der Waals surface area contributed by atoms with E-state index in [1.807, 2.05) is 0 Å². The highest BCUT2D eigenvalue weighted by Crippen LogP contribution is 2.43. The summed E-state index contributed by atoms with van der Waals surface area (Å²) in [6.07, 6.45) is 5.02. The highest BCUT2D eigenvalue weighted by molar-refractivity contribution is 6.30. The summed E-state index contributed by atoms with van der Waals surface area (Å²) in [5, 5.41) is 0.927. The van der Waals surface area contributed by atoms with Crippen LogP contribution in [0.3, 0.4) is 0 Å². The Labute approximate surface area is 102 Å². The van der Waals surface area contributed by atoms with Gasteiger partial charge in [0.1, 0.15) is 0 Å². The SMILES string of the molecule is CCC1CCN2CCCc3cc(Cl)cc1c32. The molecule has 1 aromatic carbocycles. The summed E-state index contributed by atoms with van der Waals surface area (Å²) in [5.41, 5.74) is 4.51. The number of aryl methyl sites for hydroxylation is 1. The molecule has 0 fully saturated rings. The number of hydrogen-bond donors (Lipinski definition) is 0. The van der Waals surface area contributed by atoms with Gasteiger partial charge in [0.2, 0.25) is 0 Å². The molecule has 2 heteroatoms. The van der Waals surface area contributed by atoms with Crippen LogP contribution in [0.15, 0.2) is 12.1 Å². The van der Waals surface area contributed by atoms with Gasteiger partial charge < -0.3 is 4.90 Å². The fraction of sp³-hybridized carbons (Fsp3) is 0.571. The van der Waals surface area contributed by atoms with Crippen LogP contribution >= 0.6 is 11.6 Å². The zero-order valence-corrected chi connectivity index (χ0v) is 10.6. The van der Waals surface area contributed by atoms with Crippen molar-refractivity contribution in [1.82, 2.24) is 0 Å². The van der Waals surface area contributed by atoms with Gasteiger partial charge in [0.25, 0.3) is 0 Å². The van der Waals surface area contributed by atoms with Crippen LogP contribution in [0.5, 0.6) is 0 Å². The summed E-state index contributed by atoms with van der Waals surface area (Å²) in [7, 11) is 0. The van der Waals surface area contributed by atoms with Crippen LogP contribution in [0.4, 0.5) is 5.69 Å². The molecule has 2 aliphatic rings. The van der Waals surface area contributed by atoms with E-state index in [9.17, 15) is 0 Å². The van der Waals surface area contributed by atoms with Gasteiger partial charge in [-0.3, -0.25) is 0 Å². The molecule has 2 heterocycles. The average Bonchev–Trinajstić information content (AvgIpc) is 2.29. The fourth-order valence-electron chi connectivity index (χ4n) is 3.25. The summed E-state index contributed by atoms with van der Waals surface area (Å²) >= 11 is 6.24. The maximum Gasteiger partial charge on any atom is 0.0435 e. The minimum absolute atomic E-state index is 0.724. The Morgan fingerprint density at radius 1 is 1.38 bits per heavy atom. The molecule has 0 amide bonds. The van der Waals surface area contributed by atoms with Crippen molar-refractivity contribution in [2.24, 2.45) is 0 Å². The van der Waals surface area contributed by atoms with Crippen LogP contribution in [-0.4, -0.2) is 13.1 Å². The van der Waals surface area contributed by atoms with Crippen molar-refractivity contribution < 1.29 is 0 Å². The smallest absolute Gasteiger partial charge is 0.0435 e. The molecule has 3 rings (SSSR count). The molecule has 0 radical (unpaired) electrons. The molecule has 0 saturated heterocycles. The molecule has 0 bridgehead atoms. The minimum atomic E-state index is 0.724. The number of nitrogens with zero attached hydrogens (tertiary/aromatic N) is 1. The molecular weight excluding hydrogens is 218 g/mol. The Hall–Kier alpha value is -0.690. The third-order valence-electron chi connectivity index (χ3n) is 4.05. The van der Waals surface area contributed by atoms with Crippen molar-refractivity contribution in [3.05, 3.63) is 28.3 Å². The summed E-state index contributed by atoms with van der Waals surface area (Å²) in [5.74, 6) is 0.724. The quantitative estimate of drug-likeness (QED) is 0.712. The van der Waals surface area contributed by atoms with E-state index in [2.05, 4.69) is 24.0 Å². The number of hydrogen-bond acceptors (Lipinski definition) is 1. The second-order valence-corrected chi connectivity index (χ2v) is 5.42. The molecule has 16 heavy (non-hydrogen) atoms. The zero-order valence-electron chi connectivity index (χ0n) is 9.80. The Balaban J connectivity index is 2.17. The van der Waals surface area contributed by atoms with Gasteiger partial charge >= 0.3 is 0 Å². The topological polar surface area (TPSA) is 3.24 Å². The lowest BCUT2D eigenvalue weighted by molar-refractivity contribution is 0.542. The molecule has 0 spiro atoms. The fourth-order valence-corrected chi connectivity index (χ4v) is 3.50. The normalized spacial score (nSPS) is 23.1. The zero-order chi connectivity index (χ0) is 11.1. The van der Waals surface area contributed by atoms with E-state index in [1.54, 1.807) is 0 Å². The van der Waals surface area contributed by atoms with E-state index < -0.39 is 0 Å². The molecular formula is C14H18ClN. The van der Waals surface area contributed by atoms with Gasteiger partial charge in [-0.15, -0.1) is 0 Å². The highest BCUT2D eigenvalue weighted by Gasteiger charge is 2.28. The van der Waals surface area contributed by atoms with Crippen molar-refractivity contribution in [2.75, 3.05) is 18.0 Å². The molecule has 1 nitrogen and oxygen atoms in total. The second-order valence-electron chi connectivity index (χ2n) is 4.99. The first-order valence-electron chi connectivity index (χ1n) is 6.37. The Kier molecular flexibility index (Phi) is 2.59. The number of anilines is 1. The third-order valence-corrected chi connectivity index (χ3v) is 4.27. The first kappa shape index (κ1) is 10.5. The molecule has 1 unspecified atom stereocenters. The van der Waals surface area contributed by atoms with E-state index in [0.29, 0.717) is 0 Å². The van der Waals surface area contributed by atoms with Crippen LogP contribution in [0.25, 0.3) is 0 Å². The monoisotopic (exact) mass is 235 g/mol. The van der Waals surface area contributed by atoms with Crippen molar-refractivity contribution >= 4 is 17.3 Å². The van der Waals surface area contributed by atoms with Gasteiger partial charge in [-0.1, -0.05) is 18.5 Å². The predicted octanol–water partition coefficient (Wildman–Crippen LogP) is 3.99. The Morgan fingerprint density at radius 2 is 2.25 bits per heavy atom. The molecule has 0 aromatic heterocycles. The maximum absolute atomic E-state index is 6.24. The molecule has 2 aliphatic heterocycles. The molecule has 86 valence electrons. The number of benzene rings is 1. The van der Waals surface area contributed by atoms with E-state index in [1.165, 1.54) is 55.6 Å². The summed E-state index contributed by atoms with van der Waals surface area (Å²) in [4.78, 5) is 2.57. The lowest BCUT2D eigenvalue weighted by atomic mass is 9.84. The van der Waals surface area contributed by atoms with Crippen LogP contribution in [0.1, 0.15) is 43.2 Å². The summed E-state index contributed by atoms with van der Waals surface area (Å²) < 4.78 is 0. The van der Waals surface area contributed by atoms with Crippen molar-refractivity contribution in [3.8, 4) is 0 Å². The molecule has 0 aliphatic carbocycles. The van der Waals surface area contributed by atoms with Gasteiger partial charge in [0.15, 0.2) is 0 Å². The number of rotatable bonds is 1. The first-order chi connectivity index (χ1) is 7.79. The average molecular weight is 236 g/mol. The van der Waals surface area contributed by atoms with Crippen molar-refractivity contribution in [1.29, 1.82) is 0 Å². The third kappa shape index (κ3) is 1.53. The van der Waals surface area contributed by atoms with E-state index in [4.69, 9.17) is 11.6 Å². The van der Waals surface area contributed by atoms with Gasteiger partial charge in [-0.05, 0) is 54.9 Å². The molecule has 1 atom stereocenters. The lowest BCUT2D eigenvalue weighted by Gasteiger charge is -2.40. The lowest BCUT2D eigenvalue weighted by Crippen LogP contribution is -2.35. The van der Waals surface area contributed by atoms with Gasteiger partial charge in [-0.2, -0.15) is 0 Å². The molecule has 0 N–H and O–H groups in total. The highest BCUT2D eigenvalue weighted by atomic mass is 35.5. The standard InChI is InChI=1S/C14H18ClN/c1-2-10-5-7-16-6-3-4-11-8-12(15)9-13(10)14(11)16/h8-10H,2-7H2,1H3. The summed E-state index contributed by atoms with van der Waals surface area (Å²) in [6, 6.07) is 4.37. The van der Waals surface area contributed by atoms with Gasteiger partial charge in [0.05, 0.1) is 0 Å². The largest absolute Gasteiger partial charge is 0.371 e. The van der Waals surface area contributed by atoms with Crippen molar-refractivity contribution in [3.63, 3.8) is 0 Å². The molecule has 0 saturated carbocycles. The van der Waals surface area contributed by atoms with Crippen molar-refractivity contribution in [2.45, 2.75) is 38.5 Å². The Bertz CT molecular complexity index is 413.